The first kappa shape index (κ1) is 12.5. The Bertz CT molecular complexity index is 263. The number of halogens is 1. The van der Waals surface area contributed by atoms with Crippen molar-refractivity contribution in [1.82, 2.24) is 9.55 Å². The van der Waals surface area contributed by atoms with Gasteiger partial charge in [-0.3, -0.25) is 0 Å². The lowest BCUT2D eigenvalue weighted by molar-refractivity contribution is 0.126. The van der Waals surface area contributed by atoms with Crippen LogP contribution in [0.3, 0.4) is 0 Å². The van der Waals surface area contributed by atoms with Gasteiger partial charge in [0.15, 0.2) is 0 Å². The lowest BCUT2D eigenvalue weighted by Gasteiger charge is -2.06. The lowest BCUT2D eigenvalue weighted by Crippen LogP contribution is -2.04. The van der Waals surface area contributed by atoms with Gasteiger partial charge in [-0.05, 0) is 12.8 Å². The molecule has 0 radical (unpaired) electrons. The van der Waals surface area contributed by atoms with Gasteiger partial charge < -0.3 is 9.30 Å². The third-order valence-corrected chi connectivity index (χ3v) is 2.54. The average Bonchev–Trinajstić information content (AvgIpc) is 2.70. The standard InChI is InChI=1S/C11H19ClN2O/c1-2-3-6-15-7-4-5-14-10-13-9-11(14)8-12/h9-10H,2-8H2,1H3. The Labute approximate surface area is 96.4 Å². The normalized spacial score (nSPS) is 10.8. The number of hydrogen-bond acceptors (Lipinski definition) is 2. The molecule has 0 aliphatic heterocycles. The molecule has 1 aromatic rings. The van der Waals surface area contributed by atoms with E-state index in [2.05, 4.69) is 16.5 Å². The molecule has 0 aliphatic rings. The second-order valence-corrected chi connectivity index (χ2v) is 3.80. The predicted octanol–water partition coefficient (Wildman–Crippen LogP) is 2.83. The van der Waals surface area contributed by atoms with Gasteiger partial charge in [0, 0.05) is 26.0 Å². The maximum absolute atomic E-state index is 5.76. The van der Waals surface area contributed by atoms with E-state index in [4.69, 9.17) is 16.3 Å². The van der Waals surface area contributed by atoms with Crippen molar-refractivity contribution in [3.8, 4) is 0 Å². The first-order chi connectivity index (χ1) is 7.38. The maximum Gasteiger partial charge on any atom is 0.0948 e. The SMILES string of the molecule is CCCCOCCCn1cncc1CCl. The summed E-state index contributed by atoms with van der Waals surface area (Å²) in [6.45, 7) is 4.80. The second kappa shape index (κ2) is 7.71. The molecule has 0 saturated heterocycles. The molecule has 3 nitrogen and oxygen atoms in total. The fourth-order valence-electron chi connectivity index (χ4n) is 1.35. The highest BCUT2D eigenvalue weighted by molar-refractivity contribution is 6.16. The van der Waals surface area contributed by atoms with Gasteiger partial charge in [-0.1, -0.05) is 13.3 Å². The highest BCUT2D eigenvalue weighted by Gasteiger charge is 1.99. The zero-order chi connectivity index (χ0) is 10.9. The van der Waals surface area contributed by atoms with Crippen LogP contribution in [0.25, 0.3) is 0 Å². The van der Waals surface area contributed by atoms with Gasteiger partial charge >= 0.3 is 0 Å². The highest BCUT2D eigenvalue weighted by atomic mass is 35.5. The summed E-state index contributed by atoms with van der Waals surface area (Å²) in [6.07, 6.45) is 6.99. The monoisotopic (exact) mass is 230 g/mol. The van der Waals surface area contributed by atoms with Gasteiger partial charge in [0.05, 0.1) is 17.9 Å². The number of aryl methyl sites for hydroxylation is 1. The van der Waals surface area contributed by atoms with Crippen molar-refractivity contribution in [2.75, 3.05) is 13.2 Å². The molecule has 1 aromatic heterocycles. The summed E-state index contributed by atoms with van der Waals surface area (Å²) in [5, 5.41) is 0. The van der Waals surface area contributed by atoms with Crippen molar-refractivity contribution >= 4 is 11.6 Å². The van der Waals surface area contributed by atoms with Crippen LogP contribution in [0.15, 0.2) is 12.5 Å². The molecule has 86 valence electrons. The van der Waals surface area contributed by atoms with E-state index in [9.17, 15) is 0 Å². The average molecular weight is 231 g/mol. The number of unbranched alkanes of at least 4 members (excludes halogenated alkanes) is 1. The molecule has 0 atom stereocenters. The summed E-state index contributed by atoms with van der Waals surface area (Å²) in [4.78, 5) is 4.06. The summed E-state index contributed by atoms with van der Waals surface area (Å²) in [6, 6.07) is 0. The van der Waals surface area contributed by atoms with Crippen LogP contribution in [0, 0.1) is 0 Å². The van der Waals surface area contributed by atoms with Crippen LogP contribution in [-0.2, 0) is 17.2 Å². The van der Waals surface area contributed by atoms with Crippen LogP contribution < -0.4 is 0 Å². The quantitative estimate of drug-likeness (QED) is 0.507. The number of ether oxygens (including phenoxy) is 1. The number of rotatable bonds is 8. The van der Waals surface area contributed by atoms with E-state index in [0.29, 0.717) is 5.88 Å². The zero-order valence-corrected chi connectivity index (χ0v) is 10.0. The molecular formula is C11H19ClN2O. The molecule has 0 spiro atoms. The van der Waals surface area contributed by atoms with Gasteiger partial charge in [-0.15, -0.1) is 11.6 Å². The minimum Gasteiger partial charge on any atom is -0.381 e. The Kier molecular flexibility index (Phi) is 6.44. The Hall–Kier alpha value is -0.540. The fraction of sp³-hybridized carbons (Fsp3) is 0.727. The van der Waals surface area contributed by atoms with E-state index in [1.807, 2.05) is 12.5 Å². The molecule has 1 rings (SSSR count). The van der Waals surface area contributed by atoms with Crippen molar-refractivity contribution in [1.29, 1.82) is 0 Å². The van der Waals surface area contributed by atoms with Crippen molar-refractivity contribution < 1.29 is 4.74 Å². The summed E-state index contributed by atoms with van der Waals surface area (Å²) >= 11 is 5.76. The number of hydrogen-bond donors (Lipinski definition) is 0. The molecule has 0 unspecified atom stereocenters. The molecule has 0 N–H and O–H groups in total. The van der Waals surface area contributed by atoms with Gasteiger partial charge in [-0.25, -0.2) is 4.98 Å². The minimum absolute atomic E-state index is 0.524. The third-order valence-electron chi connectivity index (χ3n) is 2.27. The predicted molar refractivity (Wildman–Crippen MR) is 62.1 cm³/mol. The Morgan fingerprint density at radius 2 is 2.20 bits per heavy atom. The first-order valence-electron chi connectivity index (χ1n) is 5.51. The molecule has 0 bridgehead atoms. The maximum atomic E-state index is 5.76. The van der Waals surface area contributed by atoms with Crippen molar-refractivity contribution in [3.05, 3.63) is 18.2 Å². The largest absolute Gasteiger partial charge is 0.381 e. The van der Waals surface area contributed by atoms with Gasteiger partial charge in [-0.2, -0.15) is 0 Å². The fourth-order valence-corrected chi connectivity index (χ4v) is 1.57. The van der Waals surface area contributed by atoms with Crippen LogP contribution >= 0.6 is 11.6 Å². The highest BCUT2D eigenvalue weighted by Crippen LogP contribution is 2.04. The van der Waals surface area contributed by atoms with E-state index in [1.54, 1.807) is 0 Å². The van der Waals surface area contributed by atoms with E-state index in [0.717, 1.165) is 38.3 Å². The van der Waals surface area contributed by atoms with Crippen LogP contribution in [0.4, 0.5) is 0 Å². The minimum atomic E-state index is 0.524. The topological polar surface area (TPSA) is 27.1 Å². The third kappa shape index (κ3) is 4.67. The summed E-state index contributed by atoms with van der Waals surface area (Å²) < 4.78 is 7.56. The van der Waals surface area contributed by atoms with Gasteiger partial charge in [0.1, 0.15) is 0 Å². The van der Waals surface area contributed by atoms with Crippen LogP contribution in [-0.4, -0.2) is 22.8 Å². The van der Waals surface area contributed by atoms with Gasteiger partial charge in [0.2, 0.25) is 0 Å². The van der Waals surface area contributed by atoms with E-state index < -0.39 is 0 Å². The smallest absolute Gasteiger partial charge is 0.0948 e. The van der Waals surface area contributed by atoms with Crippen LogP contribution in [0.5, 0.6) is 0 Å². The lowest BCUT2D eigenvalue weighted by atomic mass is 10.3. The second-order valence-electron chi connectivity index (χ2n) is 3.53. The molecule has 0 aromatic carbocycles. The Morgan fingerprint density at radius 3 is 2.93 bits per heavy atom. The summed E-state index contributed by atoms with van der Waals surface area (Å²) in [5.41, 5.74) is 1.07. The molecular weight excluding hydrogens is 212 g/mol. The summed E-state index contributed by atoms with van der Waals surface area (Å²) in [7, 11) is 0. The number of nitrogens with zero attached hydrogens (tertiary/aromatic N) is 2. The number of aromatic nitrogens is 2. The van der Waals surface area contributed by atoms with E-state index in [1.165, 1.54) is 6.42 Å². The van der Waals surface area contributed by atoms with E-state index in [-0.39, 0.29) is 0 Å². The van der Waals surface area contributed by atoms with Crippen LogP contribution in [0.1, 0.15) is 31.9 Å². The molecule has 0 saturated carbocycles. The summed E-state index contributed by atoms with van der Waals surface area (Å²) in [5.74, 6) is 0.524. The molecule has 4 heteroatoms. The van der Waals surface area contributed by atoms with Gasteiger partial charge in [0.25, 0.3) is 0 Å². The van der Waals surface area contributed by atoms with Crippen LogP contribution in [0.2, 0.25) is 0 Å². The Morgan fingerprint density at radius 1 is 1.40 bits per heavy atom. The van der Waals surface area contributed by atoms with E-state index >= 15 is 0 Å². The molecule has 0 fully saturated rings. The Balaban J connectivity index is 2.09. The molecule has 1 heterocycles. The first-order valence-corrected chi connectivity index (χ1v) is 6.04. The molecule has 15 heavy (non-hydrogen) atoms. The van der Waals surface area contributed by atoms with Crippen molar-refractivity contribution in [2.24, 2.45) is 0 Å². The van der Waals surface area contributed by atoms with Crippen molar-refractivity contribution in [3.63, 3.8) is 0 Å². The van der Waals surface area contributed by atoms with Crippen molar-refractivity contribution in [2.45, 2.75) is 38.6 Å². The number of imidazole rings is 1. The molecule has 0 aliphatic carbocycles. The number of alkyl halides is 1. The zero-order valence-electron chi connectivity index (χ0n) is 9.29. The molecule has 0 amide bonds.